The average molecular weight is 213 g/mol. The summed E-state index contributed by atoms with van der Waals surface area (Å²) in [5, 5.41) is 3.24. The Labute approximate surface area is 95.0 Å². The molecular formula is C12H27N3. The zero-order valence-electron chi connectivity index (χ0n) is 11.0. The SMILES string of the molecule is CCC(C)NC=NCCN(C)C(C)CC. The van der Waals surface area contributed by atoms with Gasteiger partial charge in [0.2, 0.25) is 0 Å². The van der Waals surface area contributed by atoms with Gasteiger partial charge in [0.1, 0.15) is 0 Å². The van der Waals surface area contributed by atoms with Gasteiger partial charge in [-0.25, -0.2) is 0 Å². The molecular weight excluding hydrogens is 186 g/mol. The number of rotatable bonds is 8. The Morgan fingerprint density at radius 1 is 1.27 bits per heavy atom. The van der Waals surface area contributed by atoms with Crippen molar-refractivity contribution in [2.45, 2.75) is 52.6 Å². The molecule has 0 saturated heterocycles. The number of nitrogens with zero attached hydrogens (tertiary/aromatic N) is 2. The van der Waals surface area contributed by atoms with E-state index >= 15 is 0 Å². The summed E-state index contributed by atoms with van der Waals surface area (Å²) in [5.41, 5.74) is 0. The Morgan fingerprint density at radius 2 is 1.93 bits per heavy atom. The first-order valence-corrected chi connectivity index (χ1v) is 6.06. The molecule has 0 heterocycles. The number of hydrogen-bond donors (Lipinski definition) is 1. The molecule has 0 aromatic heterocycles. The minimum absolute atomic E-state index is 0.529. The maximum absolute atomic E-state index is 4.34. The lowest BCUT2D eigenvalue weighted by molar-refractivity contribution is 0.259. The van der Waals surface area contributed by atoms with Gasteiger partial charge in [-0.3, -0.25) is 4.99 Å². The molecule has 90 valence electrons. The first kappa shape index (κ1) is 14.4. The smallest absolute Gasteiger partial charge is 0.0826 e. The minimum atomic E-state index is 0.529. The van der Waals surface area contributed by atoms with Crippen LogP contribution in [0.4, 0.5) is 0 Å². The van der Waals surface area contributed by atoms with E-state index in [2.05, 4.69) is 50.0 Å². The summed E-state index contributed by atoms with van der Waals surface area (Å²) in [6, 6.07) is 1.18. The molecule has 0 fully saturated rings. The van der Waals surface area contributed by atoms with Crippen LogP contribution in [0.3, 0.4) is 0 Å². The van der Waals surface area contributed by atoms with Gasteiger partial charge in [0.15, 0.2) is 0 Å². The summed E-state index contributed by atoms with van der Waals surface area (Å²) >= 11 is 0. The van der Waals surface area contributed by atoms with E-state index in [0.29, 0.717) is 12.1 Å². The Hall–Kier alpha value is -0.570. The molecule has 2 unspecified atom stereocenters. The van der Waals surface area contributed by atoms with Crippen molar-refractivity contribution in [1.82, 2.24) is 10.2 Å². The lowest BCUT2D eigenvalue weighted by Gasteiger charge is -2.22. The highest BCUT2D eigenvalue weighted by molar-refractivity contribution is 5.54. The van der Waals surface area contributed by atoms with Gasteiger partial charge < -0.3 is 10.2 Å². The molecule has 1 N–H and O–H groups in total. The molecule has 0 radical (unpaired) electrons. The third-order valence-corrected chi connectivity index (χ3v) is 2.99. The normalized spacial score (nSPS) is 15.9. The van der Waals surface area contributed by atoms with Crippen molar-refractivity contribution >= 4 is 6.34 Å². The molecule has 0 aliphatic rings. The second kappa shape index (κ2) is 8.72. The van der Waals surface area contributed by atoms with Crippen LogP contribution < -0.4 is 5.32 Å². The third kappa shape index (κ3) is 7.37. The van der Waals surface area contributed by atoms with Crippen LogP contribution in [0.15, 0.2) is 4.99 Å². The lowest BCUT2D eigenvalue weighted by atomic mass is 10.2. The maximum atomic E-state index is 4.34. The van der Waals surface area contributed by atoms with Gasteiger partial charge in [0.25, 0.3) is 0 Å². The predicted molar refractivity (Wildman–Crippen MR) is 68.6 cm³/mol. The maximum Gasteiger partial charge on any atom is 0.0826 e. The molecule has 0 rings (SSSR count). The molecule has 0 spiro atoms. The molecule has 0 amide bonds. The van der Waals surface area contributed by atoms with Crippen molar-refractivity contribution in [2.75, 3.05) is 20.1 Å². The van der Waals surface area contributed by atoms with Crippen LogP contribution in [0, 0.1) is 0 Å². The Bertz CT molecular complexity index is 168. The van der Waals surface area contributed by atoms with E-state index in [1.54, 1.807) is 0 Å². The minimum Gasteiger partial charge on any atom is -0.374 e. The summed E-state index contributed by atoms with van der Waals surface area (Å²) in [7, 11) is 2.16. The molecule has 0 aliphatic carbocycles. The molecule has 0 aromatic carbocycles. The van der Waals surface area contributed by atoms with Crippen molar-refractivity contribution in [3.8, 4) is 0 Å². The van der Waals surface area contributed by atoms with Crippen LogP contribution in [-0.4, -0.2) is 43.5 Å². The van der Waals surface area contributed by atoms with E-state index in [4.69, 9.17) is 0 Å². The van der Waals surface area contributed by atoms with Crippen molar-refractivity contribution in [3.63, 3.8) is 0 Å². The topological polar surface area (TPSA) is 27.6 Å². The summed E-state index contributed by atoms with van der Waals surface area (Å²) in [5.74, 6) is 0. The Morgan fingerprint density at radius 3 is 2.47 bits per heavy atom. The molecule has 3 heteroatoms. The fourth-order valence-corrected chi connectivity index (χ4v) is 1.11. The van der Waals surface area contributed by atoms with Crippen LogP contribution >= 0.6 is 0 Å². The first-order valence-electron chi connectivity index (χ1n) is 6.06. The van der Waals surface area contributed by atoms with Gasteiger partial charge >= 0.3 is 0 Å². The number of likely N-dealkylation sites (N-methyl/N-ethyl adjacent to an activating group) is 1. The Balaban J connectivity index is 3.52. The predicted octanol–water partition coefficient (Wildman–Crippen LogP) is 2.13. The molecule has 3 nitrogen and oxygen atoms in total. The van der Waals surface area contributed by atoms with Gasteiger partial charge in [-0.2, -0.15) is 0 Å². The van der Waals surface area contributed by atoms with Gasteiger partial charge in [0, 0.05) is 18.6 Å². The number of nitrogens with one attached hydrogen (secondary N) is 1. The van der Waals surface area contributed by atoms with Gasteiger partial charge in [0.05, 0.1) is 12.9 Å². The van der Waals surface area contributed by atoms with Crippen molar-refractivity contribution in [2.24, 2.45) is 4.99 Å². The number of aliphatic imine (C=N–C) groups is 1. The van der Waals surface area contributed by atoms with Crippen LogP contribution in [0.5, 0.6) is 0 Å². The zero-order valence-corrected chi connectivity index (χ0v) is 11.0. The van der Waals surface area contributed by atoms with Gasteiger partial charge in [-0.05, 0) is 33.7 Å². The number of hydrogen-bond acceptors (Lipinski definition) is 2. The summed E-state index contributed by atoms with van der Waals surface area (Å²) < 4.78 is 0. The van der Waals surface area contributed by atoms with Crippen molar-refractivity contribution in [1.29, 1.82) is 0 Å². The van der Waals surface area contributed by atoms with Crippen molar-refractivity contribution < 1.29 is 0 Å². The van der Waals surface area contributed by atoms with Crippen LogP contribution in [-0.2, 0) is 0 Å². The zero-order chi connectivity index (χ0) is 11.7. The quantitative estimate of drug-likeness (QED) is 0.494. The van der Waals surface area contributed by atoms with Crippen LogP contribution in [0.25, 0.3) is 0 Å². The van der Waals surface area contributed by atoms with Gasteiger partial charge in [-0.1, -0.05) is 13.8 Å². The third-order valence-electron chi connectivity index (χ3n) is 2.99. The summed E-state index contributed by atoms with van der Waals surface area (Å²) in [4.78, 5) is 6.69. The second-order valence-corrected chi connectivity index (χ2v) is 4.25. The van der Waals surface area contributed by atoms with Crippen LogP contribution in [0.1, 0.15) is 40.5 Å². The standard InChI is InChI=1S/C12H27N3/c1-6-11(3)14-10-13-8-9-15(5)12(4)7-2/h10-12H,6-9H2,1-5H3,(H,13,14). The average Bonchev–Trinajstić information content (AvgIpc) is 2.26. The molecule has 2 atom stereocenters. The highest BCUT2D eigenvalue weighted by Gasteiger charge is 2.04. The van der Waals surface area contributed by atoms with E-state index in [1.165, 1.54) is 6.42 Å². The van der Waals surface area contributed by atoms with Crippen molar-refractivity contribution in [3.05, 3.63) is 0 Å². The van der Waals surface area contributed by atoms with Gasteiger partial charge in [-0.15, -0.1) is 0 Å². The second-order valence-electron chi connectivity index (χ2n) is 4.25. The summed E-state index contributed by atoms with van der Waals surface area (Å²) in [6.07, 6.45) is 4.18. The Kier molecular flexibility index (Phi) is 8.38. The van der Waals surface area contributed by atoms with E-state index < -0.39 is 0 Å². The van der Waals surface area contributed by atoms with E-state index in [9.17, 15) is 0 Å². The van der Waals surface area contributed by atoms with E-state index in [1.807, 2.05) is 6.34 Å². The lowest BCUT2D eigenvalue weighted by Crippen LogP contribution is -2.31. The highest BCUT2D eigenvalue weighted by Crippen LogP contribution is 1.98. The molecule has 0 saturated carbocycles. The summed E-state index contributed by atoms with van der Waals surface area (Å²) in [6.45, 7) is 10.7. The fraction of sp³-hybridized carbons (Fsp3) is 0.917. The molecule has 0 aliphatic heterocycles. The first-order chi connectivity index (χ1) is 7.11. The molecule has 0 aromatic rings. The van der Waals surface area contributed by atoms with E-state index in [0.717, 1.165) is 19.5 Å². The highest BCUT2D eigenvalue weighted by atomic mass is 15.1. The van der Waals surface area contributed by atoms with E-state index in [-0.39, 0.29) is 0 Å². The largest absolute Gasteiger partial charge is 0.374 e. The molecule has 0 bridgehead atoms. The monoisotopic (exact) mass is 213 g/mol. The molecule has 15 heavy (non-hydrogen) atoms. The van der Waals surface area contributed by atoms with Crippen LogP contribution in [0.2, 0.25) is 0 Å². The fourth-order valence-electron chi connectivity index (χ4n) is 1.11.